The quantitative estimate of drug-likeness (QED) is 0.266. The van der Waals surface area contributed by atoms with Crippen LogP contribution in [0.2, 0.25) is 0 Å². The summed E-state index contributed by atoms with van der Waals surface area (Å²) >= 11 is 2.92. The van der Waals surface area contributed by atoms with Gasteiger partial charge in [0.2, 0.25) is 11.4 Å². The number of hydrogen-bond donors (Lipinski definition) is 4. The molecule has 4 aromatic rings. The maximum Gasteiger partial charge on any atom is 0.257 e. The Bertz CT molecular complexity index is 1640. The summed E-state index contributed by atoms with van der Waals surface area (Å²) in [6.45, 7) is 3.11. The number of thiazole rings is 1. The summed E-state index contributed by atoms with van der Waals surface area (Å²) in [5.41, 5.74) is 6.33. The van der Waals surface area contributed by atoms with E-state index in [1.54, 1.807) is 18.5 Å². The van der Waals surface area contributed by atoms with Crippen molar-refractivity contribution in [3.8, 4) is 10.6 Å². The molecule has 2 aliphatic heterocycles. The maximum absolute atomic E-state index is 12.8. The molecular weight excluding hydrogens is 552 g/mol. The van der Waals surface area contributed by atoms with Crippen molar-refractivity contribution in [1.29, 1.82) is 0 Å². The average Bonchev–Trinajstić information content (AvgIpc) is 3.69. The van der Waals surface area contributed by atoms with E-state index >= 15 is 0 Å². The van der Waals surface area contributed by atoms with Gasteiger partial charge in [-0.25, -0.2) is 9.97 Å². The molecule has 2 atom stereocenters. The minimum absolute atomic E-state index is 0.151. The van der Waals surface area contributed by atoms with Crippen LogP contribution in [-0.4, -0.2) is 59.2 Å². The Morgan fingerprint density at radius 3 is 2.83 bits per heavy atom. The summed E-state index contributed by atoms with van der Waals surface area (Å²) in [6.07, 6.45) is 7.72. The van der Waals surface area contributed by atoms with Crippen LogP contribution in [-0.2, 0) is 11.3 Å². The van der Waals surface area contributed by atoms with Crippen molar-refractivity contribution in [2.75, 3.05) is 41.8 Å². The second kappa shape index (κ2) is 10.4. The van der Waals surface area contributed by atoms with Crippen molar-refractivity contribution in [1.82, 2.24) is 20.3 Å². The van der Waals surface area contributed by atoms with E-state index in [9.17, 15) is 9.59 Å². The third-order valence-electron chi connectivity index (χ3n) is 7.58. The summed E-state index contributed by atoms with van der Waals surface area (Å²) in [5.74, 6) is 0.720. The molecule has 6 N–H and O–H groups in total. The van der Waals surface area contributed by atoms with Crippen LogP contribution in [0.1, 0.15) is 41.7 Å². The van der Waals surface area contributed by atoms with Crippen molar-refractivity contribution < 1.29 is 19.7 Å². The van der Waals surface area contributed by atoms with Gasteiger partial charge in [-0.2, -0.15) is 4.98 Å². The Kier molecular flexibility index (Phi) is 6.62. The highest BCUT2D eigenvalue weighted by Crippen LogP contribution is 2.39. The smallest absolute Gasteiger partial charge is 0.257 e. The van der Waals surface area contributed by atoms with Gasteiger partial charge in [0.15, 0.2) is 5.58 Å². The van der Waals surface area contributed by atoms with Crippen LogP contribution in [0.15, 0.2) is 27.7 Å². The number of carbonyl (C=O) groups is 1. The van der Waals surface area contributed by atoms with Crippen LogP contribution in [0.5, 0.6) is 0 Å². The number of furan rings is 1. The second-order valence-electron chi connectivity index (χ2n) is 10.2. The third-order valence-corrected chi connectivity index (χ3v) is 9.72. The number of nitrogens with one attached hydrogen (secondary N) is 3. The molecule has 1 saturated carbocycles. The molecule has 1 amide bonds. The Morgan fingerprint density at radius 2 is 1.98 bits per heavy atom. The van der Waals surface area contributed by atoms with E-state index in [1.807, 2.05) is 0 Å². The second-order valence-corrected chi connectivity index (χ2v) is 12.3. The van der Waals surface area contributed by atoms with E-state index in [0.29, 0.717) is 58.4 Å². The highest BCUT2D eigenvalue weighted by molar-refractivity contribution is 7.23. The SMILES string of the molecule is [NH3+][C@@H]1CCCC[C@@H]1Nc1nc2c(c(Nc3cnc(-c4coc5c(=O)cc(N6CCOCC6)sc45)s3)n1)C(=O)NC2. The molecule has 0 unspecified atom stereocenters. The minimum atomic E-state index is -0.206. The first-order valence-corrected chi connectivity index (χ1v) is 15.1. The van der Waals surface area contributed by atoms with Gasteiger partial charge in [0.25, 0.3) is 5.91 Å². The van der Waals surface area contributed by atoms with Gasteiger partial charge in [-0.1, -0.05) is 17.8 Å². The van der Waals surface area contributed by atoms with Crippen LogP contribution in [0.3, 0.4) is 0 Å². The molecule has 40 heavy (non-hydrogen) atoms. The molecule has 0 aromatic carbocycles. The zero-order valence-corrected chi connectivity index (χ0v) is 23.3. The molecule has 0 bridgehead atoms. The first kappa shape index (κ1) is 25.4. The van der Waals surface area contributed by atoms with Gasteiger partial charge in [-0.05, 0) is 12.8 Å². The van der Waals surface area contributed by atoms with Crippen molar-refractivity contribution in [3.63, 3.8) is 0 Å². The molecule has 208 valence electrons. The summed E-state index contributed by atoms with van der Waals surface area (Å²) in [6, 6.07) is 2.12. The predicted molar refractivity (Wildman–Crippen MR) is 154 cm³/mol. The van der Waals surface area contributed by atoms with Gasteiger partial charge in [-0.15, -0.1) is 11.3 Å². The lowest BCUT2D eigenvalue weighted by Gasteiger charge is -2.27. The Balaban J connectivity index is 1.19. The van der Waals surface area contributed by atoms with E-state index in [-0.39, 0.29) is 23.4 Å². The van der Waals surface area contributed by atoms with Gasteiger partial charge in [0, 0.05) is 25.6 Å². The van der Waals surface area contributed by atoms with Crippen LogP contribution in [0.25, 0.3) is 20.9 Å². The Hall–Kier alpha value is -3.59. The average molecular weight is 582 g/mol. The summed E-state index contributed by atoms with van der Waals surface area (Å²) < 4.78 is 11.9. The number of carbonyl (C=O) groups excluding carboxylic acids is 1. The van der Waals surface area contributed by atoms with Gasteiger partial charge < -0.3 is 35.7 Å². The minimum Gasteiger partial charge on any atom is -0.459 e. The Labute approximate surface area is 237 Å². The largest absolute Gasteiger partial charge is 0.459 e. The van der Waals surface area contributed by atoms with Crippen molar-refractivity contribution in [2.24, 2.45) is 0 Å². The fourth-order valence-corrected chi connectivity index (χ4v) is 7.51. The normalized spacial score (nSPS) is 20.9. The first-order chi connectivity index (χ1) is 19.5. The van der Waals surface area contributed by atoms with Crippen LogP contribution < -0.4 is 32.0 Å². The third kappa shape index (κ3) is 4.70. The van der Waals surface area contributed by atoms with Gasteiger partial charge in [0.1, 0.15) is 33.7 Å². The lowest BCUT2D eigenvalue weighted by atomic mass is 9.91. The van der Waals surface area contributed by atoms with Crippen molar-refractivity contribution in [2.45, 2.75) is 44.3 Å². The van der Waals surface area contributed by atoms with Gasteiger partial charge in [-0.3, -0.25) is 9.59 Å². The molecule has 0 spiro atoms. The number of amides is 1. The highest BCUT2D eigenvalue weighted by atomic mass is 32.1. The predicted octanol–water partition coefficient (Wildman–Crippen LogP) is 2.56. The topological polar surface area (TPSA) is 162 Å². The number of morpholine rings is 1. The molecule has 2 fully saturated rings. The maximum atomic E-state index is 12.8. The molecule has 7 rings (SSSR count). The molecule has 12 nitrogen and oxygen atoms in total. The lowest BCUT2D eigenvalue weighted by Crippen LogP contribution is -2.68. The van der Waals surface area contributed by atoms with Crippen LogP contribution in [0.4, 0.5) is 21.8 Å². The number of ether oxygens (including phenoxy) is 1. The first-order valence-electron chi connectivity index (χ1n) is 13.4. The van der Waals surface area contributed by atoms with E-state index in [2.05, 4.69) is 36.6 Å². The molecule has 1 aliphatic carbocycles. The van der Waals surface area contributed by atoms with E-state index < -0.39 is 0 Å². The van der Waals surface area contributed by atoms with Gasteiger partial charge in [0.05, 0.1) is 53.0 Å². The Morgan fingerprint density at radius 1 is 1.12 bits per heavy atom. The van der Waals surface area contributed by atoms with E-state index in [0.717, 1.165) is 47.6 Å². The fourth-order valence-electron chi connectivity index (χ4n) is 5.44. The number of fused-ring (bicyclic) bond motifs is 2. The van der Waals surface area contributed by atoms with Crippen molar-refractivity contribution in [3.05, 3.63) is 40.0 Å². The van der Waals surface area contributed by atoms with Crippen LogP contribution >= 0.6 is 22.7 Å². The number of aromatic nitrogens is 3. The number of nitrogens with zero attached hydrogens (tertiary/aromatic N) is 4. The van der Waals surface area contributed by atoms with E-state index in [4.69, 9.17) is 14.1 Å². The molecule has 4 aromatic heterocycles. The van der Waals surface area contributed by atoms with Crippen molar-refractivity contribution >= 4 is 60.6 Å². The lowest BCUT2D eigenvalue weighted by molar-refractivity contribution is -0.427. The summed E-state index contributed by atoms with van der Waals surface area (Å²) in [4.78, 5) is 41.6. The number of anilines is 4. The molecule has 0 radical (unpaired) electrons. The van der Waals surface area contributed by atoms with Crippen LogP contribution in [0, 0.1) is 0 Å². The fraction of sp³-hybridized carbons (Fsp3) is 0.423. The number of rotatable bonds is 6. The zero-order valence-electron chi connectivity index (χ0n) is 21.7. The highest BCUT2D eigenvalue weighted by Gasteiger charge is 2.30. The molecular formula is C26H29N8O4S2+. The molecule has 3 aliphatic rings. The summed E-state index contributed by atoms with van der Waals surface area (Å²) in [5, 5.41) is 11.9. The zero-order chi connectivity index (χ0) is 27.2. The number of hydrogen-bond acceptors (Lipinski definition) is 12. The number of quaternary nitrogens is 1. The van der Waals surface area contributed by atoms with E-state index in [1.165, 1.54) is 29.1 Å². The monoisotopic (exact) mass is 581 g/mol. The molecule has 6 heterocycles. The standard InChI is InChI=1S/C26H28N8O4S2/c27-14-3-1-2-4-15(14)30-26-31-16-10-28-24(36)20(16)23(33-26)32-18-11-29-25(39-18)13-12-38-21-17(35)9-19(40-22(13)21)34-5-7-37-8-6-34/h9,11-12,14-15H,1-8,10,27H2,(H,28,36)(H2,30,31,32,33)/p+1/t14-,15+/m1/s1. The molecule has 1 saturated heterocycles. The summed E-state index contributed by atoms with van der Waals surface area (Å²) in [7, 11) is 0. The molecule has 14 heteroatoms. The van der Waals surface area contributed by atoms with Gasteiger partial charge >= 0.3 is 0 Å².